The molecule has 89 heavy (non-hydrogen) atoms. The predicted octanol–water partition coefficient (Wildman–Crippen LogP) is 24.6. The molecule has 0 atom stereocenters. The van der Waals surface area contributed by atoms with Crippen molar-refractivity contribution in [2.75, 3.05) is 0 Å². The van der Waals surface area contributed by atoms with Crippen LogP contribution < -0.4 is 0 Å². The van der Waals surface area contributed by atoms with Crippen LogP contribution in [0.4, 0.5) is 0 Å². The summed E-state index contributed by atoms with van der Waals surface area (Å²) < 4.78 is 13.2. The number of benzene rings is 14. The summed E-state index contributed by atoms with van der Waals surface area (Å²) in [4.78, 5) is 0. The largest absolute Gasteiger partial charge is 0.456 e. The lowest BCUT2D eigenvalue weighted by Gasteiger charge is -2.24. The number of rotatable bonds is 7. The van der Waals surface area contributed by atoms with E-state index >= 15 is 0 Å². The van der Waals surface area contributed by atoms with Gasteiger partial charge in [-0.1, -0.05) is 241 Å². The molecule has 2 aliphatic rings. The maximum Gasteiger partial charge on any atom is 0.136 e. The molecule has 0 radical (unpaired) electrons. The second-order valence-corrected chi connectivity index (χ2v) is 25.9. The van der Waals surface area contributed by atoms with Gasteiger partial charge in [0.25, 0.3) is 0 Å². The summed E-state index contributed by atoms with van der Waals surface area (Å²) in [6.45, 7) is 16.2. The molecule has 2 nitrogen and oxygen atoms in total. The highest BCUT2D eigenvalue weighted by Gasteiger charge is 2.38. The van der Waals surface area contributed by atoms with E-state index in [4.69, 9.17) is 8.83 Å². The van der Waals surface area contributed by atoms with E-state index in [1.54, 1.807) is 0 Å². The van der Waals surface area contributed by atoms with Crippen LogP contribution in [0.5, 0.6) is 0 Å². The number of hydrogen-bond donors (Lipinski definition) is 0. The fourth-order valence-electron chi connectivity index (χ4n) is 16.2. The Balaban J connectivity index is 0.729. The zero-order valence-electron chi connectivity index (χ0n) is 50.3. The molecule has 2 heterocycles. The summed E-state index contributed by atoms with van der Waals surface area (Å²) >= 11 is 0. The van der Waals surface area contributed by atoms with Gasteiger partial charge in [-0.15, -0.1) is 0 Å². The molecule has 2 heteroatoms. The van der Waals surface area contributed by atoms with E-state index in [1.165, 1.54) is 149 Å². The van der Waals surface area contributed by atoms with Crippen molar-refractivity contribution in [3.8, 4) is 55.6 Å². The Labute approximate surface area is 516 Å². The van der Waals surface area contributed by atoms with Gasteiger partial charge in [-0.3, -0.25) is 0 Å². The first kappa shape index (κ1) is 51.4. The smallest absolute Gasteiger partial charge is 0.136 e. The van der Waals surface area contributed by atoms with Crippen LogP contribution in [0.1, 0.15) is 62.4 Å². The number of furan rings is 2. The fourth-order valence-corrected chi connectivity index (χ4v) is 16.2. The first-order chi connectivity index (χ1) is 43.5. The van der Waals surface area contributed by atoms with Gasteiger partial charge in [0.1, 0.15) is 22.3 Å². The highest BCUT2D eigenvalue weighted by atomic mass is 16.3. The summed E-state index contributed by atoms with van der Waals surface area (Å²) in [7, 11) is 0. The maximum atomic E-state index is 6.87. The van der Waals surface area contributed by atoms with Crippen LogP contribution in [-0.4, -0.2) is 0 Å². The van der Waals surface area contributed by atoms with Gasteiger partial charge < -0.3 is 8.83 Å². The molecular formula is C87H60O2. The highest BCUT2D eigenvalue weighted by molar-refractivity contribution is 6.24. The summed E-state index contributed by atoms with van der Waals surface area (Å²) in [6, 6.07) is 92.2. The van der Waals surface area contributed by atoms with E-state index in [0.717, 1.165) is 49.3 Å². The zero-order chi connectivity index (χ0) is 59.6. The van der Waals surface area contributed by atoms with Gasteiger partial charge in [0, 0.05) is 32.4 Å². The molecule has 18 rings (SSSR count). The first-order valence-electron chi connectivity index (χ1n) is 31.2. The normalized spacial score (nSPS) is 14.4. The molecule has 0 saturated carbocycles. The Morgan fingerprint density at radius 1 is 0.326 bits per heavy atom. The van der Waals surface area contributed by atoms with Crippen LogP contribution in [0, 0.1) is 0 Å². The van der Waals surface area contributed by atoms with Gasteiger partial charge in [-0.25, -0.2) is 0 Å². The molecule has 2 aliphatic carbocycles. The minimum absolute atomic E-state index is 0.0545. The van der Waals surface area contributed by atoms with Crippen LogP contribution in [0.3, 0.4) is 0 Å². The van der Waals surface area contributed by atoms with Gasteiger partial charge >= 0.3 is 0 Å². The third-order valence-electron chi connectivity index (χ3n) is 20.4. The van der Waals surface area contributed by atoms with Gasteiger partial charge in [0.2, 0.25) is 0 Å². The first-order valence-corrected chi connectivity index (χ1v) is 31.2. The zero-order valence-corrected chi connectivity index (χ0v) is 50.3. The lowest BCUT2D eigenvalue weighted by atomic mass is 9.79. The molecule has 0 bridgehead atoms. The third-order valence-corrected chi connectivity index (χ3v) is 20.4. The van der Waals surface area contributed by atoms with Crippen molar-refractivity contribution in [1.29, 1.82) is 0 Å². The lowest BCUT2D eigenvalue weighted by molar-refractivity contribution is 0.654. The molecule has 2 aromatic heterocycles. The second-order valence-electron chi connectivity index (χ2n) is 25.9. The van der Waals surface area contributed by atoms with Crippen molar-refractivity contribution in [2.24, 2.45) is 0 Å². The van der Waals surface area contributed by atoms with Crippen LogP contribution in [0.25, 0.3) is 165 Å². The standard InChI is InChI=1S/C87H60O2/c1-7-56-69-45-52(82-60-24-8-12-28-64(60)84(65-29-13-9-25-61(65)82)54-37-41-79-71(47-54)59-23-17-19-34-78(59)88-79)35-39-75(69)87(5,6)77(56)43-50(2)57-32-20-21-51-44-73-72-48-55(38-42-80(72)89-81(73)49-68(51)57)85-66-30-14-10-26-62(66)83(63-27-11-15-31-67(63)85)53-36-40-76-70(46-53)58-22-16-18-33-74(58)86(76,3)4/h7-49H,1H2,2-6H3/b50-43+. The Morgan fingerprint density at radius 3 is 1.29 bits per heavy atom. The summed E-state index contributed by atoms with van der Waals surface area (Å²) in [5, 5.41) is 16.7. The molecule has 0 spiro atoms. The Morgan fingerprint density at radius 2 is 0.742 bits per heavy atom. The molecular weight excluding hydrogens is 1080 g/mol. The van der Waals surface area contributed by atoms with Crippen molar-refractivity contribution in [2.45, 2.75) is 45.4 Å². The Bertz CT molecular complexity index is 5770. The molecule has 0 unspecified atom stereocenters. The van der Waals surface area contributed by atoms with Crippen molar-refractivity contribution in [3.05, 3.63) is 301 Å². The lowest BCUT2D eigenvalue weighted by Crippen LogP contribution is -2.16. The molecule has 0 fully saturated rings. The van der Waals surface area contributed by atoms with E-state index in [-0.39, 0.29) is 10.8 Å². The van der Waals surface area contributed by atoms with Gasteiger partial charge in [-0.2, -0.15) is 0 Å². The van der Waals surface area contributed by atoms with Crippen LogP contribution in [-0.2, 0) is 10.8 Å². The minimum atomic E-state index is -0.292. The van der Waals surface area contributed by atoms with Crippen LogP contribution in [0.15, 0.2) is 282 Å². The summed E-state index contributed by atoms with van der Waals surface area (Å²) in [6.07, 6.45) is 4.50. The number of hydrogen-bond acceptors (Lipinski definition) is 2. The number of para-hydroxylation sites is 1. The summed E-state index contributed by atoms with van der Waals surface area (Å²) in [5.74, 6) is 0. The van der Waals surface area contributed by atoms with Crippen molar-refractivity contribution >= 4 is 109 Å². The van der Waals surface area contributed by atoms with E-state index in [9.17, 15) is 0 Å². The monoisotopic (exact) mass is 1140 g/mol. The molecule has 0 amide bonds. The molecule has 14 aromatic carbocycles. The SMILES string of the molecule is C=CC1=C(/C=C(\C)c2cccc3cc4c(cc23)oc2ccc(-c3c5ccccc5c(-c5ccc6c(c5)-c5ccccc5C6(C)C)c5ccccc35)cc24)C(C)(C)c2ccc(-c3c4ccccc4c(-c4ccc5oc6ccccc6c5c4)c4ccccc34)cc21. The topological polar surface area (TPSA) is 26.3 Å². The molecule has 420 valence electrons. The number of allylic oxidation sites excluding steroid dienone is 5. The quantitative estimate of drug-likeness (QED) is 0.149. The van der Waals surface area contributed by atoms with Gasteiger partial charge in [0.05, 0.1) is 0 Å². The average molecular weight is 1140 g/mol. The second kappa shape index (κ2) is 18.9. The van der Waals surface area contributed by atoms with Gasteiger partial charge in [-0.05, 0) is 216 Å². The van der Waals surface area contributed by atoms with E-state index in [2.05, 4.69) is 296 Å². The maximum absolute atomic E-state index is 6.87. The Hall–Kier alpha value is -10.8. The molecule has 16 aromatic rings. The van der Waals surface area contributed by atoms with Crippen LogP contribution >= 0.6 is 0 Å². The van der Waals surface area contributed by atoms with Crippen molar-refractivity contribution in [1.82, 2.24) is 0 Å². The van der Waals surface area contributed by atoms with E-state index in [0.29, 0.717) is 0 Å². The van der Waals surface area contributed by atoms with E-state index in [1.807, 2.05) is 6.07 Å². The minimum Gasteiger partial charge on any atom is -0.456 e. The third kappa shape index (κ3) is 7.38. The fraction of sp³-hybridized carbons (Fsp3) is 0.0805. The predicted molar refractivity (Wildman–Crippen MR) is 378 cm³/mol. The summed E-state index contributed by atoms with van der Waals surface area (Å²) in [5.41, 5.74) is 25.7. The van der Waals surface area contributed by atoms with Gasteiger partial charge in [0.15, 0.2) is 0 Å². The molecule has 0 saturated heterocycles. The van der Waals surface area contributed by atoms with Crippen LogP contribution in [0.2, 0.25) is 0 Å². The highest BCUT2D eigenvalue weighted by Crippen LogP contribution is 2.54. The van der Waals surface area contributed by atoms with Crippen molar-refractivity contribution in [3.63, 3.8) is 0 Å². The molecule has 0 N–H and O–H groups in total. The van der Waals surface area contributed by atoms with E-state index < -0.39 is 0 Å². The molecule has 0 aliphatic heterocycles. The Kier molecular flexibility index (Phi) is 10.9. The van der Waals surface area contributed by atoms with Crippen molar-refractivity contribution < 1.29 is 8.83 Å². The average Bonchev–Trinajstić information content (AvgIpc) is 1.93. The number of fused-ring (bicyclic) bond motifs is 15.